The molecule has 13 heteroatoms. The molecule has 1 aliphatic rings. The van der Waals surface area contributed by atoms with Crippen LogP contribution in [0.3, 0.4) is 0 Å². The lowest BCUT2D eigenvalue weighted by Crippen LogP contribution is -2.39. The second-order valence-corrected chi connectivity index (χ2v) is 15.0. The van der Waals surface area contributed by atoms with Crippen molar-refractivity contribution < 1.29 is 38.2 Å². The SMILES string of the molecule is CCCCCCCCCCCCCCC#CC[C@H](COP(=O)(O)OC[C@H]1O[C@@](C)(c2ccc3c(N)ncnn23)[C@H](O)[C@@H]1O)OCc1ccccc1. The Kier molecular flexibility index (Phi) is 16.8. The number of rotatable bonds is 23. The third-order valence-corrected chi connectivity index (χ3v) is 10.4. The zero-order chi connectivity index (χ0) is 36.5. The second kappa shape index (κ2) is 21.0. The molecule has 3 aromatic rings. The van der Waals surface area contributed by atoms with E-state index in [1.807, 2.05) is 30.3 Å². The lowest BCUT2D eigenvalue weighted by Gasteiger charge is -2.27. The van der Waals surface area contributed by atoms with Crippen molar-refractivity contribution in [1.29, 1.82) is 0 Å². The van der Waals surface area contributed by atoms with Gasteiger partial charge in [0.05, 0.1) is 31.6 Å². The van der Waals surface area contributed by atoms with Gasteiger partial charge in [0, 0.05) is 12.8 Å². The lowest BCUT2D eigenvalue weighted by molar-refractivity contribution is -0.0893. The van der Waals surface area contributed by atoms with Crippen LogP contribution in [0.1, 0.15) is 115 Å². The van der Waals surface area contributed by atoms with Crippen molar-refractivity contribution >= 4 is 19.2 Å². The van der Waals surface area contributed by atoms with Gasteiger partial charge in [-0.3, -0.25) is 9.05 Å². The van der Waals surface area contributed by atoms with Crippen LogP contribution in [-0.4, -0.2) is 67.3 Å². The molecule has 3 heterocycles. The molecule has 0 amide bonds. The number of unbranched alkanes of at least 4 members (excludes halogenated alkanes) is 12. The van der Waals surface area contributed by atoms with Crippen molar-refractivity contribution in [3.8, 4) is 11.8 Å². The maximum absolute atomic E-state index is 12.9. The van der Waals surface area contributed by atoms with Crippen molar-refractivity contribution in [1.82, 2.24) is 14.6 Å². The molecule has 6 atom stereocenters. The van der Waals surface area contributed by atoms with E-state index in [0.29, 0.717) is 17.6 Å². The van der Waals surface area contributed by atoms with Crippen LogP contribution in [0.25, 0.3) is 5.52 Å². The van der Waals surface area contributed by atoms with Gasteiger partial charge in [-0.05, 0) is 31.0 Å². The van der Waals surface area contributed by atoms with Crippen LogP contribution in [0.2, 0.25) is 0 Å². The largest absolute Gasteiger partial charge is 0.472 e. The maximum Gasteiger partial charge on any atom is 0.472 e. The first-order valence-electron chi connectivity index (χ1n) is 18.5. The van der Waals surface area contributed by atoms with E-state index in [4.69, 9.17) is 24.3 Å². The summed E-state index contributed by atoms with van der Waals surface area (Å²) < 4.78 is 37.0. The highest BCUT2D eigenvalue weighted by Gasteiger charge is 2.54. The molecular formula is C38H57N4O8P. The van der Waals surface area contributed by atoms with Gasteiger partial charge in [0.2, 0.25) is 0 Å². The predicted octanol–water partition coefficient (Wildman–Crippen LogP) is 6.85. The van der Waals surface area contributed by atoms with Gasteiger partial charge in [0.15, 0.2) is 5.82 Å². The summed E-state index contributed by atoms with van der Waals surface area (Å²) in [5.74, 6) is 6.61. The number of nitrogen functional groups attached to an aromatic ring is 1. The molecule has 4 rings (SSSR count). The number of hydrogen-bond donors (Lipinski definition) is 4. The Morgan fingerprint density at radius 1 is 0.961 bits per heavy atom. The number of hydrogen-bond acceptors (Lipinski definition) is 10. The molecule has 12 nitrogen and oxygen atoms in total. The summed E-state index contributed by atoms with van der Waals surface area (Å²) in [5, 5.41) is 26.0. The van der Waals surface area contributed by atoms with Gasteiger partial charge in [-0.15, -0.1) is 11.8 Å². The Morgan fingerprint density at radius 2 is 1.63 bits per heavy atom. The Bertz CT molecular complexity index is 1560. The Balaban J connectivity index is 1.21. The number of benzene rings is 1. The molecule has 0 radical (unpaired) electrons. The highest BCUT2D eigenvalue weighted by molar-refractivity contribution is 7.47. The number of phosphoric acid groups is 1. The van der Waals surface area contributed by atoms with Crippen molar-refractivity contribution in [2.75, 3.05) is 18.9 Å². The number of ether oxygens (including phenoxy) is 2. The zero-order valence-electron chi connectivity index (χ0n) is 30.2. The molecule has 0 saturated carbocycles. The minimum Gasteiger partial charge on any atom is -0.387 e. The molecule has 2 aromatic heterocycles. The number of aliphatic hydroxyl groups is 2. The minimum atomic E-state index is -4.61. The van der Waals surface area contributed by atoms with Crippen LogP contribution in [-0.2, 0) is 35.3 Å². The van der Waals surface area contributed by atoms with Gasteiger partial charge in [-0.25, -0.2) is 14.1 Å². The van der Waals surface area contributed by atoms with Crippen LogP contribution >= 0.6 is 7.82 Å². The summed E-state index contributed by atoms with van der Waals surface area (Å²) in [6.45, 7) is 3.37. The highest BCUT2D eigenvalue weighted by Crippen LogP contribution is 2.46. The van der Waals surface area contributed by atoms with Crippen molar-refractivity contribution in [3.63, 3.8) is 0 Å². The van der Waals surface area contributed by atoms with E-state index in [0.717, 1.165) is 24.8 Å². The minimum absolute atomic E-state index is 0.237. The highest BCUT2D eigenvalue weighted by atomic mass is 31.2. The Labute approximate surface area is 302 Å². The second-order valence-electron chi connectivity index (χ2n) is 13.5. The molecule has 282 valence electrons. The van der Waals surface area contributed by atoms with Gasteiger partial charge in [0.1, 0.15) is 35.8 Å². The van der Waals surface area contributed by atoms with E-state index in [1.54, 1.807) is 19.1 Å². The van der Waals surface area contributed by atoms with Crippen LogP contribution < -0.4 is 5.73 Å². The zero-order valence-corrected chi connectivity index (χ0v) is 31.1. The summed E-state index contributed by atoms with van der Waals surface area (Å²) in [5.41, 5.74) is 6.39. The number of fused-ring (bicyclic) bond motifs is 1. The predicted molar refractivity (Wildman–Crippen MR) is 196 cm³/mol. The van der Waals surface area contributed by atoms with Gasteiger partial charge < -0.3 is 30.3 Å². The van der Waals surface area contributed by atoms with Gasteiger partial charge >= 0.3 is 7.82 Å². The molecule has 0 spiro atoms. The average molecular weight is 729 g/mol. The molecule has 0 bridgehead atoms. The van der Waals surface area contributed by atoms with Crippen molar-refractivity contribution in [3.05, 3.63) is 60.0 Å². The Hall–Kier alpha value is -2.85. The third kappa shape index (κ3) is 12.7. The smallest absolute Gasteiger partial charge is 0.387 e. The van der Waals surface area contributed by atoms with Gasteiger partial charge in [-0.2, -0.15) is 5.10 Å². The fourth-order valence-electron chi connectivity index (χ4n) is 6.32. The summed E-state index contributed by atoms with van der Waals surface area (Å²) in [7, 11) is -4.61. The van der Waals surface area contributed by atoms with Crippen molar-refractivity contribution in [2.45, 2.75) is 140 Å². The Morgan fingerprint density at radius 3 is 2.31 bits per heavy atom. The fraction of sp³-hybridized carbons (Fsp3) is 0.632. The summed E-state index contributed by atoms with van der Waals surface area (Å²) in [4.78, 5) is 14.5. The molecule has 0 aliphatic carbocycles. The first-order chi connectivity index (χ1) is 24.6. The van der Waals surface area contributed by atoms with E-state index >= 15 is 0 Å². The molecule has 51 heavy (non-hydrogen) atoms. The number of nitrogens with two attached hydrogens (primary N) is 1. The van der Waals surface area contributed by atoms with Crippen molar-refractivity contribution in [2.24, 2.45) is 0 Å². The quantitative estimate of drug-likeness (QED) is 0.0457. The molecule has 1 aromatic carbocycles. The van der Waals surface area contributed by atoms with Crippen LogP contribution in [0.5, 0.6) is 0 Å². The summed E-state index contributed by atoms with van der Waals surface area (Å²) in [6.07, 6.45) is 13.3. The molecule has 1 unspecified atom stereocenters. The average Bonchev–Trinajstić information content (AvgIpc) is 3.67. The van der Waals surface area contributed by atoms with E-state index < -0.39 is 44.4 Å². The summed E-state index contributed by atoms with van der Waals surface area (Å²) in [6, 6.07) is 13.0. The monoisotopic (exact) mass is 728 g/mol. The first-order valence-corrected chi connectivity index (χ1v) is 20.0. The van der Waals surface area contributed by atoms with Gasteiger partial charge in [-0.1, -0.05) is 108 Å². The van der Waals surface area contributed by atoms with Gasteiger partial charge in [0.25, 0.3) is 0 Å². The summed E-state index contributed by atoms with van der Waals surface area (Å²) >= 11 is 0. The number of phosphoric ester groups is 1. The van der Waals surface area contributed by atoms with Crippen LogP contribution in [0.15, 0.2) is 48.8 Å². The van der Waals surface area contributed by atoms with E-state index in [1.165, 1.54) is 75.1 Å². The first kappa shape index (κ1) is 40.9. The molecular weight excluding hydrogens is 671 g/mol. The number of aromatic nitrogens is 3. The molecule has 1 fully saturated rings. The number of aliphatic hydroxyl groups excluding tert-OH is 2. The topological polar surface area (TPSA) is 171 Å². The molecule has 1 saturated heterocycles. The standard InChI is InChI=1S/C38H57N4O8P/c1-3-4-5-6-7-8-9-10-11-12-13-14-15-16-20-23-31(47-26-30-21-18-17-19-22-30)27-48-51(45,46)49-28-33-35(43)36(44)38(2,50-33)34-25-24-32-37(39)40-29-41-42(32)34/h17-19,21-22,24-25,29,31,33,35-36,43-44H,3-15,23,26-28H2,1-2H3,(H,45,46)(H2,39,40,41)/t31-,33-,35-,36-,38+/m1/s1. The van der Waals surface area contributed by atoms with E-state index in [-0.39, 0.29) is 19.0 Å². The van der Waals surface area contributed by atoms with E-state index in [9.17, 15) is 19.7 Å². The van der Waals surface area contributed by atoms with E-state index in [2.05, 4.69) is 28.8 Å². The number of nitrogens with zero attached hydrogens (tertiary/aromatic N) is 3. The third-order valence-electron chi connectivity index (χ3n) is 9.42. The molecule has 1 aliphatic heterocycles. The normalized spacial score (nSPS) is 22.1. The number of anilines is 1. The molecule has 5 N–H and O–H groups in total. The fourth-order valence-corrected chi connectivity index (χ4v) is 7.09. The van der Waals surface area contributed by atoms with Crippen LogP contribution in [0, 0.1) is 11.8 Å². The van der Waals surface area contributed by atoms with Crippen LogP contribution in [0.4, 0.5) is 5.82 Å². The lowest BCUT2D eigenvalue weighted by atomic mass is 9.93. The maximum atomic E-state index is 12.9.